The van der Waals surface area contributed by atoms with E-state index in [4.69, 9.17) is 0 Å². The van der Waals surface area contributed by atoms with Gasteiger partial charge in [0, 0.05) is 12.5 Å². The summed E-state index contributed by atoms with van der Waals surface area (Å²) in [6.45, 7) is 4.47. The smallest absolute Gasteiger partial charge is 0.220 e. The minimum Gasteiger partial charge on any atom is -0.393 e. The van der Waals surface area contributed by atoms with Crippen molar-refractivity contribution in [3.8, 4) is 0 Å². The highest BCUT2D eigenvalue weighted by atomic mass is 16.3. The predicted octanol–water partition coefficient (Wildman–Crippen LogP) is 1.84. The van der Waals surface area contributed by atoms with E-state index in [1.54, 1.807) is 0 Å². The van der Waals surface area contributed by atoms with E-state index in [-0.39, 0.29) is 40.9 Å². The molecule has 0 aromatic heterocycles. The maximum atomic E-state index is 11.8. The number of carbonyl (C=O) groups is 1. The van der Waals surface area contributed by atoms with Gasteiger partial charge >= 0.3 is 0 Å². The Morgan fingerprint density at radius 2 is 1.86 bits per heavy atom. The van der Waals surface area contributed by atoms with Crippen LogP contribution in [0.25, 0.3) is 0 Å². The monoisotopic (exact) mass is 307 g/mol. The van der Waals surface area contributed by atoms with Crippen molar-refractivity contribution >= 4 is 5.91 Å². The molecule has 4 aliphatic rings. The molecule has 4 rings (SSSR count). The number of amides is 1. The van der Waals surface area contributed by atoms with Crippen LogP contribution in [-0.4, -0.2) is 34.4 Å². The standard InChI is InChI=1S/C18H29NO3/c1-17-8-7-15(22)19-13(17)5-3-10-11-4-6-14(21)18(11,2)9-12(20)16(10)17/h10-14,16,20-21H,3-9H2,1-2H3,(H,19,22)/t10?,11?,12?,13?,14-,16?,17?,18?/m0/s1. The van der Waals surface area contributed by atoms with Crippen molar-refractivity contribution in [1.29, 1.82) is 0 Å². The first-order valence-electron chi connectivity index (χ1n) is 9.02. The molecule has 1 aliphatic heterocycles. The molecule has 0 radical (unpaired) electrons. The fourth-order valence-electron chi connectivity index (χ4n) is 6.81. The molecule has 3 N–H and O–H groups in total. The Balaban J connectivity index is 1.69. The highest BCUT2D eigenvalue weighted by molar-refractivity contribution is 5.77. The number of carbonyl (C=O) groups excluding carboxylic acids is 1. The fraction of sp³-hybridized carbons (Fsp3) is 0.944. The summed E-state index contributed by atoms with van der Waals surface area (Å²) in [7, 11) is 0. The van der Waals surface area contributed by atoms with Crippen LogP contribution < -0.4 is 5.32 Å². The molecule has 4 heteroatoms. The minimum absolute atomic E-state index is 0.0190. The van der Waals surface area contributed by atoms with E-state index < -0.39 is 0 Å². The number of rotatable bonds is 0. The largest absolute Gasteiger partial charge is 0.393 e. The lowest BCUT2D eigenvalue weighted by Gasteiger charge is -2.61. The molecule has 3 saturated carbocycles. The average Bonchev–Trinajstić information content (AvgIpc) is 2.75. The third-order valence-electron chi connectivity index (χ3n) is 7.97. The summed E-state index contributed by atoms with van der Waals surface area (Å²) in [6, 6.07) is 0.223. The van der Waals surface area contributed by atoms with E-state index in [1.807, 2.05) is 0 Å². The van der Waals surface area contributed by atoms with Gasteiger partial charge in [0.15, 0.2) is 0 Å². The van der Waals surface area contributed by atoms with Crippen LogP contribution in [0.1, 0.15) is 58.8 Å². The van der Waals surface area contributed by atoms with Gasteiger partial charge in [-0.2, -0.15) is 0 Å². The number of aliphatic hydroxyl groups is 2. The van der Waals surface area contributed by atoms with Gasteiger partial charge in [-0.05, 0) is 67.1 Å². The second-order valence-electron chi connectivity index (χ2n) is 8.87. The second-order valence-corrected chi connectivity index (χ2v) is 8.87. The molecule has 0 spiro atoms. The quantitative estimate of drug-likeness (QED) is 0.639. The summed E-state index contributed by atoms with van der Waals surface area (Å²) in [5.41, 5.74) is -0.0905. The van der Waals surface area contributed by atoms with Gasteiger partial charge in [-0.1, -0.05) is 13.8 Å². The third-order valence-corrected chi connectivity index (χ3v) is 7.97. The molecule has 4 nitrogen and oxygen atoms in total. The summed E-state index contributed by atoms with van der Waals surface area (Å²) in [5.74, 6) is 1.48. The number of fused-ring (bicyclic) bond motifs is 5. The molecular weight excluding hydrogens is 278 g/mol. The zero-order valence-electron chi connectivity index (χ0n) is 13.7. The van der Waals surface area contributed by atoms with Gasteiger partial charge in [0.1, 0.15) is 0 Å². The Morgan fingerprint density at radius 1 is 1.09 bits per heavy atom. The summed E-state index contributed by atoms with van der Waals surface area (Å²) in [4.78, 5) is 11.8. The van der Waals surface area contributed by atoms with Crippen LogP contribution >= 0.6 is 0 Å². The topological polar surface area (TPSA) is 69.6 Å². The highest BCUT2D eigenvalue weighted by Crippen LogP contribution is 2.63. The van der Waals surface area contributed by atoms with E-state index in [2.05, 4.69) is 19.2 Å². The molecule has 7 unspecified atom stereocenters. The van der Waals surface area contributed by atoms with Crippen molar-refractivity contribution in [1.82, 2.24) is 5.32 Å². The van der Waals surface area contributed by atoms with Gasteiger partial charge < -0.3 is 15.5 Å². The molecule has 0 aromatic carbocycles. The molecule has 1 amide bonds. The highest BCUT2D eigenvalue weighted by Gasteiger charge is 2.63. The molecule has 124 valence electrons. The van der Waals surface area contributed by atoms with Gasteiger partial charge in [0.25, 0.3) is 0 Å². The zero-order valence-corrected chi connectivity index (χ0v) is 13.7. The molecule has 0 bridgehead atoms. The SMILES string of the molecule is CC12CCC(=O)NC1CCC1C2C(O)CC2(C)C1CC[C@@H]2O. The lowest BCUT2D eigenvalue weighted by Crippen LogP contribution is -2.64. The molecule has 1 saturated heterocycles. The van der Waals surface area contributed by atoms with Gasteiger partial charge in [0.05, 0.1) is 12.2 Å². The molecule has 8 atom stereocenters. The molecule has 22 heavy (non-hydrogen) atoms. The van der Waals surface area contributed by atoms with Gasteiger partial charge in [0.2, 0.25) is 5.91 Å². The van der Waals surface area contributed by atoms with Crippen LogP contribution in [0.5, 0.6) is 0 Å². The van der Waals surface area contributed by atoms with Crippen LogP contribution in [0.2, 0.25) is 0 Å². The van der Waals surface area contributed by atoms with Crippen molar-refractivity contribution < 1.29 is 15.0 Å². The Kier molecular flexibility index (Phi) is 3.19. The van der Waals surface area contributed by atoms with E-state index in [1.165, 1.54) is 0 Å². The molecular formula is C18H29NO3. The van der Waals surface area contributed by atoms with Crippen molar-refractivity contribution in [3.05, 3.63) is 0 Å². The van der Waals surface area contributed by atoms with E-state index in [0.717, 1.165) is 38.5 Å². The maximum absolute atomic E-state index is 11.8. The van der Waals surface area contributed by atoms with E-state index in [9.17, 15) is 15.0 Å². The number of hydrogen-bond acceptors (Lipinski definition) is 3. The van der Waals surface area contributed by atoms with Crippen LogP contribution in [-0.2, 0) is 4.79 Å². The molecule has 3 aliphatic carbocycles. The molecule has 1 heterocycles. The number of nitrogens with one attached hydrogen (secondary N) is 1. The maximum Gasteiger partial charge on any atom is 0.220 e. The van der Waals surface area contributed by atoms with Crippen LogP contribution in [0.15, 0.2) is 0 Å². The van der Waals surface area contributed by atoms with Crippen LogP contribution in [0.3, 0.4) is 0 Å². The lowest BCUT2D eigenvalue weighted by atomic mass is 9.46. The normalized spacial score (nSPS) is 57.5. The first-order chi connectivity index (χ1) is 10.4. The second kappa shape index (κ2) is 4.70. The lowest BCUT2D eigenvalue weighted by molar-refractivity contribution is -0.169. The minimum atomic E-state index is -0.346. The Bertz CT molecular complexity index is 495. The summed E-state index contributed by atoms with van der Waals surface area (Å²) < 4.78 is 0. The van der Waals surface area contributed by atoms with Crippen LogP contribution in [0.4, 0.5) is 0 Å². The Hall–Kier alpha value is -0.610. The number of piperidine rings is 1. The number of hydrogen-bond donors (Lipinski definition) is 3. The predicted molar refractivity (Wildman–Crippen MR) is 82.9 cm³/mol. The summed E-state index contributed by atoms with van der Waals surface area (Å²) in [6.07, 6.45) is 5.68. The third kappa shape index (κ3) is 1.80. The van der Waals surface area contributed by atoms with Crippen molar-refractivity contribution in [2.24, 2.45) is 28.6 Å². The fourth-order valence-corrected chi connectivity index (χ4v) is 6.81. The van der Waals surface area contributed by atoms with Crippen molar-refractivity contribution in [3.63, 3.8) is 0 Å². The van der Waals surface area contributed by atoms with Crippen molar-refractivity contribution in [2.75, 3.05) is 0 Å². The zero-order chi connectivity index (χ0) is 15.7. The first kappa shape index (κ1) is 14.9. The summed E-state index contributed by atoms with van der Waals surface area (Å²) in [5, 5.41) is 24.6. The van der Waals surface area contributed by atoms with E-state index >= 15 is 0 Å². The molecule has 4 fully saturated rings. The average molecular weight is 307 g/mol. The number of aliphatic hydroxyl groups excluding tert-OH is 2. The molecule has 0 aromatic rings. The Morgan fingerprint density at radius 3 is 2.64 bits per heavy atom. The Labute approximate surface area is 132 Å². The van der Waals surface area contributed by atoms with Gasteiger partial charge in [-0.15, -0.1) is 0 Å². The van der Waals surface area contributed by atoms with Gasteiger partial charge in [-0.3, -0.25) is 4.79 Å². The summed E-state index contributed by atoms with van der Waals surface area (Å²) >= 11 is 0. The first-order valence-corrected chi connectivity index (χ1v) is 9.02. The van der Waals surface area contributed by atoms with Gasteiger partial charge in [-0.25, -0.2) is 0 Å². The van der Waals surface area contributed by atoms with Crippen molar-refractivity contribution in [2.45, 2.75) is 77.0 Å². The van der Waals surface area contributed by atoms with E-state index in [0.29, 0.717) is 18.3 Å². The van der Waals surface area contributed by atoms with Crippen LogP contribution in [0, 0.1) is 28.6 Å².